The number of carbonyl (C=O) groups is 1. The Morgan fingerprint density at radius 2 is 1.61 bits per heavy atom. The number of Topliss-reactive ketones (excluding diaryl/α,β-unsaturated/α-hetero) is 1. The zero-order chi connectivity index (χ0) is 20.7. The van der Waals surface area contributed by atoms with Crippen molar-refractivity contribution in [2.75, 3.05) is 0 Å². The van der Waals surface area contributed by atoms with Crippen molar-refractivity contribution in [1.29, 1.82) is 0 Å². The number of aliphatic hydroxyl groups excluding tert-OH is 1. The van der Waals surface area contributed by atoms with Crippen LogP contribution in [0, 0.1) is 5.82 Å². The smallest absolute Gasteiger partial charge is 0.198 e. The van der Waals surface area contributed by atoms with Gasteiger partial charge in [-0.1, -0.05) is 44.2 Å². The molecule has 0 saturated carbocycles. The number of halogens is 1. The fourth-order valence-electron chi connectivity index (χ4n) is 3.77. The molecule has 0 saturated heterocycles. The first kappa shape index (κ1) is 20.3. The lowest BCUT2D eigenvalue weighted by Gasteiger charge is -2.42. The molecule has 1 aliphatic rings. The average molecular weight is 382 g/mol. The zero-order valence-corrected chi connectivity index (χ0v) is 17.1. The minimum absolute atomic E-state index is 0.0346. The molecule has 0 amide bonds. The van der Waals surface area contributed by atoms with E-state index in [0.717, 1.165) is 22.3 Å². The minimum atomic E-state index is -0.980. The number of aliphatic hydroxyl groups is 1. The van der Waals surface area contributed by atoms with Crippen LogP contribution in [0.2, 0.25) is 0 Å². The highest BCUT2D eigenvalue weighted by molar-refractivity contribution is 6.26. The summed E-state index contributed by atoms with van der Waals surface area (Å²) >= 11 is 0. The van der Waals surface area contributed by atoms with Crippen LogP contribution in [-0.2, 0) is 16.0 Å². The van der Waals surface area contributed by atoms with Gasteiger partial charge in [-0.2, -0.15) is 0 Å². The lowest BCUT2D eigenvalue weighted by Crippen LogP contribution is -2.51. The Labute approximate surface area is 165 Å². The predicted octanol–water partition coefficient (Wildman–Crippen LogP) is 5.87. The maximum absolute atomic E-state index is 13.3. The fraction of sp³-hybridized carbons (Fsp3) is 0.375. The van der Waals surface area contributed by atoms with E-state index in [2.05, 4.69) is 0 Å². The van der Waals surface area contributed by atoms with E-state index in [-0.39, 0.29) is 17.4 Å². The largest absolute Gasteiger partial charge is 0.508 e. The van der Waals surface area contributed by atoms with Crippen molar-refractivity contribution in [3.63, 3.8) is 0 Å². The maximum Gasteiger partial charge on any atom is 0.198 e. The van der Waals surface area contributed by atoms with Gasteiger partial charge >= 0.3 is 0 Å². The topological polar surface area (TPSA) is 46.5 Å². The summed E-state index contributed by atoms with van der Waals surface area (Å²) in [5.41, 5.74) is 1.93. The van der Waals surface area contributed by atoms with Gasteiger partial charge in [0.15, 0.2) is 5.78 Å². The molecular weight excluding hydrogens is 355 g/mol. The van der Waals surface area contributed by atoms with Crippen molar-refractivity contribution in [3.05, 3.63) is 65.2 Å². The third kappa shape index (κ3) is 3.37. The quantitative estimate of drug-likeness (QED) is 0.719. The standard InChI is InChI=1S/C24H27FO3/c1-6-15-14-17(16-8-11-18(25)12-9-16)10-13-19(15)20-21(26)23(3,4)28-24(5,7-2)22(20)27/h8-14,26H,6-7H2,1-5H3. The van der Waals surface area contributed by atoms with E-state index in [4.69, 9.17) is 4.74 Å². The Bertz CT molecular complexity index is 941. The molecule has 0 aliphatic carbocycles. The van der Waals surface area contributed by atoms with Crippen molar-refractivity contribution < 1.29 is 19.0 Å². The van der Waals surface area contributed by atoms with Gasteiger partial charge in [0, 0.05) is 0 Å². The summed E-state index contributed by atoms with van der Waals surface area (Å²) in [5, 5.41) is 10.9. The molecular formula is C24H27FO3. The van der Waals surface area contributed by atoms with E-state index >= 15 is 0 Å². The Morgan fingerprint density at radius 1 is 1.00 bits per heavy atom. The highest BCUT2D eigenvalue weighted by Gasteiger charge is 2.48. The second-order valence-electron chi connectivity index (χ2n) is 7.98. The van der Waals surface area contributed by atoms with E-state index in [1.165, 1.54) is 12.1 Å². The zero-order valence-electron chi connectivity index (χ0n) is 17.1. The van der Waals surface area contributed by atoms with E-state index in [0.29, 0.717) is 18.4 Å². The van der Waals surface area contributed by atoms with Gasteiger partial charge in [-0.3, -0.25) is 4.79 Å². The molecule has 1 atom stereocenters. The number of ketones is 1. The predicted molar refractivity (Wildman–Crippen MR) is 110 cm³/mol. The number of carbonyl (C=O) groups excluding carboxylic acids is 1. The van der Waals surface area contributed by atoms with Crippen LogP contribution in [0.3, 0.4) is 0 Å². The molecule has 3 nitrogen and oxygen atoms in total. The minimum Gasteiger partial charge on any atom is -0.508 e. The molecule has 1 N–H and O–H groups in total. The maximum atomic E-state index is 13.3. The van der Waals surface area contributed by atoms with Crippen LogP contribution in [0.5, 0.6) is 0 Å². The summed E-state index contributed by atoms with van der Waals surface area (Å²) in [5.74, 6) is -0.510. The molecule has 0 spiro atoms. The Balaban J connectivity index is 2.16. The first-order chi connectivity index (χ1) is 13.1. The SMILES string of the molecule is CCc1cc(-c2ccc(F)cc2)ccc1C1=C(O)C(C)(C)OC(C)(CC)C1=O. The van der Waals surface area contributed by atoms with Gasteiger partial charge in [0.25, 0.3) is 0 Å². The van der Waals surface area contributed by atoms with Gasteiger partial charge < -0.3 is 9.84 Å². The number of rotatable bonds is 4. The number of aryl methyl sites for hydroxylation is 1. The molecule has 0 aromatic heterocycles. The third-order valence-corrected chi connectivity index (χ3v) is 5.60. The van der Waals surface area contributed by atoms with Crippen molar-refractivity contribution in [1.82, 2.24) is 0 Å². The monoisotopic (exact) mass is 382 g/mol. The molecule has 0 fully saturated rings. The first-order valence-electron chi connectivity index (χ1n) is 9.71. The highest BCUT2D eigenvalue weighted by Crippen LogP contribution is 2.42. The van der Waals surface area contributed by atoms with Gasteiger partial charge in [-0.25, -0.2) is 4.39 Å². The lowest BCUT2D eigenvalue weighted by atomic mass is 9.79. The Morgan fingerprint density at radius 3 is 2.18 bits per heavy atom. The van der Waals surface area contributed by atoms with E-state index in [1.807, 2.05) is 32.0 Å². The molecule has 1 aliphatic heterocycles. The molecule has 4 heteroatoms. The van der Waals surface area contributed by atoms with Crippen LogP contribution in [-0.4, -0.2) is 22.1 Å². The summed E-state index contributed by atoms with van der Waals surface area (Å²) in [7, 11) is 0. The van der Waals surface area contributed by atoms with Crippen LogP contribution in [0.25, 0.3) is 16.7 Å². The summed E-state index contributed by atoms with van der Waals surface area (Å²) in [6.07, 6.45) is 1.21. The van der Waals surface area contributed by atoms with Crippen LogP contribution in [0.1, 0.15) is 52.2 Å². The van der Waals surface area contributed by atoms with Gasteiger partial charge in [0.1, 0.15) is 22.8 Å². The van der Waals surface area contributed by atoms with Crippen molar-refractivity contribution >= 4 is 11.4 Å². The van der Waals surface area contributed by atoms with Gasteiger partial charge in [0.05, 0.1) is 5.57 Å². The van der Waals surface area contributed by atoms with E-state index in [9.17, 15) is 14.3 Å². The summed E-state index contributed by atoms with van der Waals surface area (Å²) in [4.78, 5) is 13.3. The van der Waals surface area contributed by atoms with Crippen LogP contribution < -0.4 is 0 Å². The fourth-order valence-corrected chi connectivity index (χ4v) is 3.77. The number of hydrogen-bond donors (Lipinski definition) is 1. The molecule has 1 heterocycles. The number of ether oxygens (including phenoxy) is 1. The second-order valence-corrected chi connectivity index (χ2v) is 7.98. The molecule has 1 unspecified atom stereocenters. The van der Waals surface area contributed by atoms with Crippen molar-refractivity contribution in [3.8, 4) is 11.1 Å². The highest BCUT2D eigenvalue weighted by atomic mass is 19.1. The molecule has 2 aromatic rings. The molecule has 148 valence electrons. The van der Waals surface area contributed by atoms with Gasteiger partial charge in [0.2, 0.25) is 0 Å². The first-order valence-corrected chi connectivity index (χ1v) is 9.71. The molecule has 3 rings (SSSR count). The normalized spacial score (nSPS) is 21.9. The number of benzene rings is 2. The van der Waals surface area contributed by atoms with E-state index < -0.39 is 11.2 Å². The van der Waals surface area contributed by atoms with Crippen LogP contribution in [0.15, 0.2) is 48.2 Å². The second kappa shape index (κ2) is 7.17. The molecule has 0 bridgehead atoms. The number of hydrogen-bond acceptors (Lipinski definition) is 3. The van der Waals surface area contributed by atoms with Crippen LogP contribution in [0.4, 0.5) is 4.39 Å². The van der Waals surface area contributed by atoms with Crippen molar-refractivity contribution in [2.45, 2.75) is 58.7 Å². The molecule has 28 heavy (non-hydrogen) atoms. The summed E-state index contributed by atoms with van der Waals surface area (Å²) < 4.78 is 19.2. The summed E-state index contributed by atoms with van der Waals surface area (Å²) in [6.45, 7) is 9.26. The van der Waals surface area contributed by atoms with Crippen molar-refractivity contribution in [2.24, 2.45) is 0 Å². The average Bonchev–Trinajstić information content (AvgIpc) is 2.67. The Hall–Kier alpha value is -2.46. The van der Waals surface area contributed by atoms with Gasteiger partial charge in [-0.05, 0) is 68.0 Å². The third-order valence-electron chi connectivity index (χ3n) is 5.60. The molecule has 0 radical (unpaired) electrons. The van der Waals surface area contributed by atoms with Gasteiger partial charge in [-0.15, -0.1) is 0 Å². The molecule has 2 aromatic carbocycles. The Kier molecular flexibility index (Phi) is 5.20. The summed E-state index contributed by atoms with van der Waals surface area (Å²) in [6, 6.07) is 12.1. The van der Waals surface area contributed by atoms with Crippen LogP contribution >= 0.6 is 0 Å². The van der Waals surface area contributed by atoms with E-state index in [1.54, 1.807) is 32.9 Å². The lowest BCUT2D eigenvalue weighted by molar-refractivity contribution is -0.163.